The number of hydrogen-bond acceptors (Lipinski definition) is 3. The van der Waals surface area contributed by atoms with Crippen LogP contribution in [0.25, 0.3) is 10.4 Å². The van der Waals surface area contributed by atoms with Crippen LogP contribution in [0.5, 0.6) is 0 Å². The van der Waals surface area contributed by atoms with E-state index in [-0.39, 0.29) is 6.29 Å². The minimum Gasteiger partial charge on any atom is -0.346 e. The Labute approximate surface area is 119 Å². The van der Waals surface area contributed by atoms with Gasteiger partial charge in [0.1, 0.15) is 0 Å². The van der Waals surface area contributed by atoms with Gasteiger partial charge in [-0.1, -0.05) is 18.2 Å². The van der Waals surface area contributed by atoms with Crippen LogP contribution >= 0.6 is 27.3 Å². The lowest BCUT2D eigenvalue weighted by molar-refractivity contribution is -0.0440. The highest BCUT2D eigenvalue weighted by Crippen LogP contribution is 2.35. The third-order valence-corrected chi connectivity index (χ3v) is 5.11. The van der Waals surface area contributed by atoms with Gasteiger partial charge in [-0.3, -0.25) is 0 Å². The molecule has 4 heteroatoms. The lowest BCUT2D eigenvalue weighted by Gasteiger charge is -2.10. The van der Waals surface area contributed by atoms with E-state index in [0.717, 1.165) is 5.56 Å². The van der Waals surface area contributed by atoms with Gasteiger partial charge in [-0.2, -0.15) is 0 Å². The smallest absolute Gasteiger partial charge is 0.184 e. The van der Waals surface area contributed by atoms with Gasteiger partial charge >= 0.3 is 0 Å². The molecule has 0 aliphatic carbocycles. The molecule has 0 bridgehead atoms. The van der Waals surface area contributed by atoms with Gasteiger partial charge in [-0.15, -0.1) is 11.3 Å². The molecular formula is C14H13BrO2S. The molecule has 0 radical (unpaired) electrons. The fourth-order valence-electron chi connectivity index (χ4n) is 1.99. The van der Waals surface area contributed by atoms with E-state index in [1.54, 1.807) is 11.3 Å². The summed E-state index contributed by atoms with van der Waals surface area (Å²) in [5.41, 5.74) is 2.30. The summed E-state index contributed by atoms with van der Waals surface area (Å²) in [6, 6.07) is 10.5. The second kappa shape index (κ2) is 5.13. The molecule has 3 rings (SSSR count). The fourth-order valence-corrected chi connectivity index (χ4v) is 3.52. The molecule has 0 spiro atoms. The second-order valence-electron chi connectivity index (χ2n) is 4.21. The van der Waals surface area contributed by atoms with Crippen molar-refractivity contribution >= 4 is 27.3 Å². The number of halogens is 1. The van der Waals surface area contributed by atoms with Gasteiger partial charge < -0.3 is 9.47 Å². The molecule has 1 aliphatic heterocycles. The van der Waals surface area contributed by atoms with Crippen molar-refractivity contribution in [2.75, 3.05) is 13.2 Å². The highest BCUT2D eigenvalue weighted by molar-refractivity contribution is 9.10. The van der Waals surface area contributed by atoms with Crippen LogP contribution in [0, 0.1) is 6.92 Å². The Morgan fingerprint density at radius 3 is 2.67 bits per heavy atom. The maximum Gasteiger partial charge on any atom is 0.184 e. The molecule has 94 valence electrons. The van der Waals surface area contributed by atoms with Crippen molar-refractivity contribution in [2.45, 2.75) is 13.2 Å². The SMILES string of the molecule is Cc1sc(-c2cccc(C3OCCO3)c2)cc1Br. The number of benzene rings is 1. The van der Waals surface area contributed by atoms with Gasteiger partial charge in [0.15, 0.2) is 6.29 Å². The number of thiophene rings is 1. The predicted octanol–water partition coefficient (Wildman–Crippen LogP) is 4.53. The summed E-state index contributed by atoms with van der Waals surface area (Å²) in [5, 5.41) is 0. The molecule has 18 heavy (non-hydrogen) atoms. The van der Waals surface area contributed by atoms with Gasteiger partial charge in [0, 0.05) is 19.8 Å². The summed E-state index contributed by atoms with van der Waals surface area (Å²) >= 11 is 5.35. The van der Waals surface area contributed by atoms with Crippen molar-refractivity contribution < 1.29 is 9.47 Å². The predicted molar refractivity (Wildman–Crippen MR) is 76.8 cm³/mol. The molecule has 1 saturated heterocycles. The van der Waals surface area contributed by atoms with Crippen molar-refractivity contribution in [3.05, 3.63) is 45.2 Å². The highest BCUT2D eigenvalue weighted by atomic mass is 79.9. The van der Waals surface area contributed by atoms with Crippen LogP contribution in [0.1, 0.15) is 16.7 Å². The Kier molecular flexibility index (Phi) is 3.52. The van der Waals surface area contributed by atoms with Crippen LogP contribution in [-0.2, 0) is 9.47 Å². The van der Waals surface area contributed by atoms with Gasteiger partial charge in [-0.05, 0) is 40.5 Å². The number of rotatable bonds is 2. The van der Waals surface area contributed by atoms with E-state index in [1.807, 2.05) is 0 Å². The van der Waals surface area contributed by atoms with Crippen LogP contribution in [0.15, 0.2) is 34.8 Å². The van der Waals surface area contributed by atoms with Crippen molar-refractivity contribution in [2.24, 2.45) is 0 Å². The van der Waals surface area contributed by atoms with Crippen molar-refractivity contribution in [3.63, 3.8) is 0 Å². The van der Waals surface area contributed by atoms with Crippen molar-refractivity contribution in [1.29, 1.82) is 0 Å². The Morgan fingerprint density at radius 1 is 1.22 bits per heavy atom. The first-order valence-corrected chi connectivity index (χ1v) is 7.44. The fraction of sp³-hybridized carbons (Fsp3) is 0.286. The summed E-state index contributed by atoms with van der Waals surface area (Å²) in [6.45, 7) is 3.47. The lowest BCUT2D eigenvalue weighted by atomic mass is 10.1. The average molecular weight is 325 g/mol. The molecule has 2 aromatic rings. The summed E-state index contributed by atoms with van der Waals surface area (Å²) in [5.74, 6) is 0. The Balaban J connectivity index is 1.95. The zero-order valence-corrected chi connectivity index (χ0v) is 12.4. The van der Waals surface area contributed by atoms with E-state index < -0.39 is 0 Å². The van der Waals surface area contributed by atoms with Crippen LogP contribution < -0.4 is 0 Å². The number of hydrogen-bond donors (Lipinski definition) is 0. The molecule has 1 aromatic heterocycles. The van der Waals surface area contributed by atoms with Gasteiger partial charge in [0.05, 0.1) is 13.2 Å². The minimum absolute atomic E-state index is 0.200. The van der Waals surface area contributed by atoms with E-state index in [4.69, 9.17) is 9.47 Å². The first kappa shape index (κ1) is 12.4. The lowest BCUT2D eigenvalue weighted by Crippen LogP contribution is -1.97. The highest BCUT2D eigenvalue weighted by Gasteiger charge is 2.18. The zero-order chi connectivity index (χ0) is 12.5. The normalized spacial score (nSPS) is 16.3. The molecule has 0 unspecified atom stereocenters. The van der Waals surface area contributed by atoms with E-state index in [2.05, 4.69) is 53.2 Å². The molecule has 2 nitrogen and oxygen atoms in total. The maximum absolute atomic E-state index is 5.53. The summed E-state index contributed by atoms with van der Waals surface area (Å²) in [4.78, 5) is 2.56. The Morgan fingerprint density at radius 2 is 2.00 bits per heavy atom. The molecule has 1 fully saturated rings. The molecule has 0 amide bonds. The third-order valence-electron chi connectivity index (χ3n) is 2.92. The number of aryl methyl sites for hydroxylation is 1. The molecule has 1 aromatic carbocycles. The largest absolute Gasteiger partial charge is 0.346 e. The topological polar surface area (TPSA) is 18.5 Å². The van der Waals surface area contributed by atoms with E-state index in [0.29, 0.717) is 13.2 Å². The van der Waals surface area contributed by atoms with Gasteiger partial charge in [0.25, 0.3) is 0 Å². The van der Waals surface area contributed by atoms with E-state index in [1.165, 1.54) is 19.8 Å². The van der Waals surface area contributed by atoms with Gasteiger partial charge in [-0.25, -0.2) is 0 Å². The second-order valence-corrected chi connectivity index (χ2v) is 6.32. The summed E-state index contributed by atoms with van der Waals surface area (Å²) in [6.07, 6.45) is -0.200. The molecule has 0 saturated carbocycles. The van der Waals surface area contributed by atoms with Crippen LogP contribution in [0.3, 0.4) is 0 Å². The van der Waals surface area contributed by atoms with Crippen LogP contribution in [-0.4, -0.2) is 13.2 Å². The van der Waals surface area contributed by atoms with E-state index >= 15 is 0 Å². The average Bonchev–Trinajstić information content (AvgIpc) is 3.01. The van der Waals surface area contributed by atoms with E-state index in [9.17, 15) is 0 Å². The minimum atomic E-state index is -0.200. The molecule has 1 aliphatic rings. The first-order chi connectivity index (χ1) is 8.74. The quantitative estimate of drug-likeness (QED) is 0.807. The Bertz CT molecular complexity index is 539. The standard InChI is InChI=1S/C14H13BrO2S/c1-9-12(15)8-13(18-9)10-3-2-4-11(7-10)14-16-5-6-17-14/h2-4,7-8,14H,5-6H2,1H3. The van der Waals surface area contributed by atoms with Crippen LogP contribution in [0.4, 0.5) is 0 Å². The molecule has 2 heterocycles. The zero-order valence-electron chi connectivity index (χ0n) is 9.98. The molecule has 0 atom stereocenters. The third kappa shape index (κ3) is 2.38. The maximum atomic E-state index is 5.53. The molecule has 0 N–H and O–H groups in total. The Hall–Kier alpha value is -0.680. The number of ether oxygens (including phenoxy) is 2. The van der Waals surface area contributed by atoms with Crippen molar-refractivity contribution in [1.82, 2.24) is 0 Å². The van der Waals surface area contributed by atoms with Gasteiger partial charge in [0.2, 0.25) is 0 Å². The first-order valence-electron chi connectivity index (χ1n) is 5.83. The summed E-state index contributed by atoms with van der Waals surface area (Å²) in [7, 11) is 0. The van der Waals surface area contributed by atoms with Crippen molar-refractivity contribution in [3.8, 4) is 10.4 Å². The monoisotopic (exact) mass is 324 g/mol. The van der Waals surface area contributed by atoms with Crippen LogP contribution in [0.2, 0.25) is 0 Å². The molecular weight excluding hydrogens is 312 g/mol. The summed E-state index contributed by atoms with van der Waals surface area (Å²) < 4.78 is 12.2.